The van der Waals surface area contributed by atoms with Gasteiger partial charge in [-0.05, 0) is 131 Å². The molecule has 8 rings (SSSR count). The van der Waals surface area contributed by atoms with Crippen molar-refractivity contribution in [1.29, 1.82) is 0 Å². The van der Waals surface area contributed by atoms with Gasteiger partial charge in [-0.1, -0.05) is 206 Å². The van der Waals surface area contributed by atoms with Gasteiger partial charge in [0.2, 0.25) is 0 Å². The Morgan fingerprint density at radius 3 is 1.23 bits per heavy atom. The Morgan fingerprint density at radius 2 is 0.977 bits per heavy atom. The van der Waals surface area contributed by atoms with Gasteiger partial charge >= 0.3 is 0 Å². The summed E-state index contributed by atoms with van der Waals surface area (Å²) in [5.74, 6) is 4.98. The summed E-state index contributed by atoms with van der Waals surface area (Å²) in [6.07, 6.45) is 20.8. The zero-order valence-corrected chi connectivity index (χ0v) is 64.0. The monoisotopic (exact) mass is 1230 g/mol. The van der Waals surface area contributed by atoms with E-state index in [1.54, 1.807) is 35.8 Å². The SMILES string of the molecule is CC.CC.CC.CC.CC.CC.CC.CC.CC(C)C1=CCNCC1.CC(C)C1CCNCC1.CC(C)N1CCNCC1.CC(C)N1CCOCC1.CC(C)c1cc[nH]c1.CC(C)c1ccncn1.CC(C)c1cncnc1.CC(C)c1cncs1. The van der Waals surface area contributed by atoms with Crippen LogP contribution in [0.15, 0.2) is 79.1 Å². The molecule has 0 radical (unpaired) electrons. The van der Waals surface area contributed by atoms with Crippen molar-refractivity contribution in [3.8, 4) is 0 Å². The number of morpholine rings is 1. The highest BCUT2D eigenvalue weighted by Gasteiger charge is 2.16. The predicted octanol–water partition coefficient (Wildman–Crippen LogP) is 20.0. The smallest absolute Gasteiger partial charge is 0.115 e. The third kappa shape index (κ3) is 62.2. The minimum Gasteiger partial charge on any atom is -0.379 e. The molecule has 8 heterocycles. The molecule has 86 heavy (non-hydrogen) atoms. The lowest BCUT2D eigenvalue weighted by atomic mass is 9.87. The van der Waals surface area contributed by atoms with Gasteiger partial charge in [-0.2, -0.15) is 0 Å². The number of hydrogen-bond donors (Lipinski definition) is 4. The highest BCUT2D eigenvalue weighted by molar-refractivity contribution is 7.09. The maximum atomic E-state index is 5.21. The van der Waals surface area contributed by atoms with E-state index in [2.05, 4.69) is 179 Å². The molecule has 510 valence electrons. The van der Waals surface area contributed by atoms with Crippen LogP contribution in [0.3, 0.4) is 0 Å². The van der Waals surface area contributed by atoms with Crippen molar-refractivity contribution in [1.82, 2.24) is 55.7 Å². The topological polar surface area (TPSA) is 132 Å². The third-order valence-corrected chi connectivity index (χ3v) is 13.7. The van der Waals surface area contributed by atoms with Crippen LogP contribution in [0.5, 0.6) is 0 Å². The number of rotatable bonds is 8. The van der Waals surface area contributed by atoms with Gasteiger partial charge in [-0.3, -0.25) is 14.8 Å². The summed E-state index contributed by atoms with van der Waals surface area (Å²) in [4.78, 5) is 28.9. The average Bonchev–Trinajstić information content (AvgIpc) is 4.38. The Labute approximate surface area is 542 Å². The highest BCUT2D eigenvalue weighted by Crippen LogP contribution is 2.20. The second-order valence-electron chi connectivity index (χ2n) is 20.8. The molecular weight excluding hydrogens is 1080 g/mol. The van der Waals surface area contributed by atoms with Gasteiger partial charge in [0.1, 0.15) is 12.7 Å². The first-order valence-electron chi connectivity index (χ1n) is 34.8. The Hall–Kier alpha value is -3.43. The summed E-state index contributed by atoms with van der Waals surface area (Å²) in [5, 5.41) is 9.99. The average molecular weight is 1230 g/mol. The summed E-state index contributed by atoms with van der Waals surface area (Å²) >= 11 is 1.72. The van der Waals surface area contributed by atoms with Crippen LogP contribution < -0.4 is 16.0 Å². The maximum Gasteiger partial charge on any atom is 0.115 e. The largest absolute Gasteiger partial charge is 0.379 e. The van der Waals surface area contributed by atoms with Gasteiger partial charge in [0.15, 0.2) is 0 Å². The lowest BCUT2D eigenvalue weighted by Gasteiger charge is -2.30. The number of thiazole rings is 1. The van der Waals surface area contributed by atoms with Crippen molar-refractivity contribution in [2.24, 2.45) is 17.8 Å². The molecule has 13 heteroatoms. The van der Waals surface area contributed by atoms with Crippen molar-refractivity contribution < 1.29 is 4.74 Å². The molecule has 0 aromatic carbocycles. The fourth-order valence-corrected chi connectivity index (χ4v) is 8.06. The zero-order chi connectivity index (χ0) is 68.1. The lowest BCUT2D eigenvalue weighted by Crippen LogP contribution is -2.46. The van der Waals surface area contributed by atoms with E-state index in [0.717, 1.165) is 75.4 Å². The molecule has 0 spiro atoms. The number of nitrogens with one attached hydrogen (secondary N) is 4. The second kappa shape index (κ2) is 77.7. The molecule has 0 atom stereocenters. The van der Waals surface area contributed by atoms with Crippen LogP contribution in [0.4, 0.5) is 0 Å². The Balaban J connectivity index is -0.000000130. The van der Waals surface area contributed by atoms with Crippen molar-refractivity contribution >= 4 is 11.3 Å². The van der Waals surface area contributed by atoms with Gasteiger partial charge in [0.25, 0.3) is 0 Å². The molecule has 4 aliphatic rings. The minimum atomic E-state index is 0.507. The van der Waals surface area contributed by atoms with E-state index in [0.29, 0.717) is 29.7 Å². The number of nitrogens with zero attached hydrogens (tertiary/aromatic N) is 7. The minimum absolute atomic E-state index is 0.507. The summed E-state index contributed by atoms with van der Waals surface area (Å²) in [7, 11) is 0. The van der Waals surface area contributed by atoms with Crippen LogP contribution in [-0.2, 0) is 4.74 Å². The summed E-state index contributed by atoms with van der Waals surface area (Å²) in [5.41, 5.74) is 7.16. The lowest BCUT2D eigenvalue weighted by molar-refractivity contribution is 0.0238. The number of piperidine rings is 1. The number of ether oxygens (including phenoxy) is 1. The quantitative estimate of drug-likeness (QED) is 0.126. The summed E-state index contributed by atoms with van der Waals surface area (Å²) in [6, 6.07) is 5.45. The maximum absolute atomic E-state index is 5.21. The normalized spacial score (nSPS) is 13.9. The molecule has 0 bridgehead atoms. The first-order valence-corrected chi connectivity index (χ1v) is 35.7. The van der Waals surface area contributed by atoms with Gasteiger partial charge in [-0.25, -0.2) is 19.9 Å². The van der Waals surface area contributed by atoms with Crippen LogP contribution in [0.1, 0.15) is 286 Å². The number of hydrogen-bond acceptors (Lipinski definition) is 12. The third-order valence-electron chi connectivity index (χ3n) is 12.6. The molecule has 4 aromatic rings. The number of aromatic amines is 1. The van der Waals surface area contributed by atoms with E-state index in [-0.39, 0.29) is 0 Å². The molecule has 0 unspecified atom stereocenters. The zero-order valence-electron chi connectivity index (χ0n) is 63.2. The van der Waals surface area contributed by atoms with Crippen LogP contribution in [-0.4, -0.2) is 130 Å². The standard InChI is InChI=1S/C8H17N.C8H15N.C7H10N2.C7H16N2.C7H10N2.C7H15NO.C7H11N.C6H9NS.8C2H6/c2*1-7(2)8-3-5-9-6-4-8;1-6(2)7-3-8-5-9-4-7;1-7(2)9-5-3-8-4-6-9;1-6(2)7-3-4-8-5-9-7;1-7(2)8-3-5-9-6-4-8;1-6(2)7-3-4-8-5-7;1-5(2)6-3-7-4-8-6;8*1-2/h7-9H,3-6H2,1-2H3;3,7,9H,4-6H2,1-2H3;3-6H,1-2H3;7-8H,3-6H2,1-2H3;3-6H,1-2H3;7H,3-6H2,1-2H3;3-6,8H,1-2H3;3-5H,1-2H3;8*1-2H3. The van der Waals surface area contributed by atoms with Crippen LogP contribution in [0, 0.1) is 17.8 Å². The van der Waals surface area contributed by atoms with Gasteiger partial charge in [0.05, 0.1) is 18.7 Å². The first-order chi connectivity index (χ1) is 41.4. The summed E-state index contributed by atoms with van der Waals surface area (Å²) in [6.45, 7) is 80.9. The molecule has 0 saturated carbocycles. The number of H-pyrrole nitrogens is 1. The van der Waals surface area contributed by atoms with E-state index in [9.17, 15) is 0 Å². The van der Waals surface area contributed by atoms with E-state index >= 15 is 0 Å². The van der Waals surface area contributed by atoms with Crippen molar-refractivity contribution in [2.45, 2.75) is 277 Å². The molecule has 0 amide bonds. The first kappa shape index (κ1) is 98.8. The Kier molecular flexibility index (Phi) is 89.2. The molecule has 3 saturated heterocycles. The van der Waals surface area contributed by atoms with Crippen LogP contribution in [0.2, 0.25) is 0 Å². The molecule has 0 aliphatic carbocycles. The Morgan fingerprint density at radius 1 is 0.488 bits per heavy atom. The molecule has 3 fully saturated rings. The predicted molar refractivity (Wildman–Crippen MR) is 392 cm³/mol. The molecule has 4 aromatic heterocycles. The number of aromatic nitrogens is 6. The van der Waals surface area contributed by atoms with Crippen LogP contribution >= 0.6 is 11.3 Å². The second-order valence-corrected chi connectivity index (χ2v) is 21.7. The van der Waals surface area contributed by atoms with E-state index < -0.39 is 0 Å². The Bertz CT molecular complexity index is 1600. The molecular formula is C73H151N11OS. The van der Waals surface area contributed by atoms with E-state index in [1.165, 1.54) is 68.0 Å². The van der Waals surface area contributed by atoms with Crippen molar-refractivity contribution in [3.05, 3.63) is 101 Å². The highest BCUT2D eigenvalue weighted by atomic mass is 32.1. The fourth-order valence-electron chi connectivity index (χ4n) is 7.43. The van der Waals surface area contributed by atoms with Gasteiger partial charge in [-0.15, -0.1) is 11.3 Å². The molecule has 12 nitrogen and oxygen atoms in total. The van der Waals surface area contributed by atoms with Gasteiger partial charge < -0.3 is 25.7 Å². The molecule has 4 aliphatic heterocycles. The molecule has 4 N–H and O–H groups in total. The van der Waals surface area contributed by atoms with E-state index in [4.69, 9.17) is 4.74 Å². The van der Waals surface area contributed by atoms with Crippen molar-refractivity contribution in [2.75, 3.05) is 78.7 Å². The number of piperazine rings is 1. The fraction of sp³-hybridized carbons (Fsp3) is 0.767. The van der Waals surface area contributed by atoms with Crippen LogP contribution in [0.25, 0.3) is 0 Å². The van der Waals surface area contributed by atoms with Gasteiger partial charge in [0, 0.05) is 106 Å². The summed E-state index contributed by atoms with van der Waals surface area (Å²) < 4.78 is 5.21. The van der Waals surface area contributed by atoms with E-state index in [1.807, 2.05) is 153 Å². The van der Waals surface area contributed by atoms with Crippen molar-refractivity contribution in [3.63, 3.8) is 0 Å².